The minimum atomic E-state index is -4.41. The van der Waals surface area contributed by atoms with Gasteiger partial charge in [0.05, 0.1) is 12.2 Å². The summed E-state index contributed by atoms with van der Waals surface area (Å²) in [6.45, 7) is -0.629. The van der Waals surface area contributed by atoms with E-state index in [1.54, 1.807) is 0 Å². The van der Waals surface area contributed by atoms with Gasteiger partial charge in [0.2, 0.25) is 0 Å². The van der Waals surface area contributed by atoms with E-state index in [4.69, 9.17) is 5.11 Å². The van der Waals surface area contributed by atoms with Crippen molar-refractivity contribution in [3.05, 3.63) is 33.8 Å². The van der Waals surface area contributed by atoms with Crippen LogP contribution in [-0.4, -0.2) is 5.11 Å². The van der Waals surface area contributed by atoms with E-state index in [2.05, 4.69) is 15.9 Å². The second-order valence-electron chi connectivity index (χ2n) is 2.42. The molecule has 1 rings (SSSR count). The molecule has 1 aromatic rings. The van der Waals surface area contributed by atoms with Crippen molar-refractivity contribution in [2.24, 2.45) is 0 Å². The zero-order valence-corrected chi connectivity index (χ0v) is 7.98. The normalized spacial score (nSPS) is 11.8. The van der Waals surface area contributed by atoms with Crippen LogP contribution in [0.3, 0.4) is 0 Å². The van der Waals surface area contributed by atoms with Gasteiger partial charge in [-0.2, -0.15) is 13.2 Å². The molecule has 0 saturated heterocycles. The average molecular weight is 255 g/mol. The Labute approximate surface area is 81.3 Å². The van der Waals surface area contributed by atoms with Crippen molar-refractivity contribution in [1.82, 2.24) is 0 Å². The molecule has 13 heavy (non-hydrogen) atoms. The summed E-state index contributed by atoms with van der Waals surface area (Å²) in [7, 11) is 0. The fourth-order valence-corrected chi connectivity index (χ4v) is 1.48. The number of alkyl halides is 3. The molecule has 72 valence electrons. The van der Waals surface area contributed by atoms with Gasteiger partial charge in [-0.05, 0) is 12.1 Å². The maximum Gasteiger partial charge on any atom is 0.416 e. The van der Waals surface area contributed by atoms with Gasteiger partial charge in [-0.25, -0.2) is 0 Å². The Morgan fingerprint density at radius 2 is 1.92 bits per heavy atom. The third-order valence-corrected chi connectivity index (χ3v) is 2.33. The first-order chi connectivity index (χ1) is 5.96. The Bertz CT molecular complexity index is 309. The monoisotopic (exact) mass is 254 g/mol. The molecule has 0 heterocycles. The third kappa shape index (κ3) is 2.22. The Morgan fingerprint density at radius 1 is 1.31 bits per heavy atom. The zero-order chi connectivity index (χ0) is 10.1. The molecule has 0 atom stereocenters. The highest BCUT2D eigenvalue weighted by Gasteiger charge is 2.33. The van der Waals surface area contributed by atoms with E-state index in [1.807, 2.05) is 0 Å². The Kier molecular flexibility index (Phi) is 2.98. The van der Waals surface area contributed by atoms with Crippen LogP contribution < -0.4 is 0 Å². The van der Waals surface area contributed by atoms with Gasteiger partial charge >= 0.3 is 6.18 Å². The van der Waals surface area contributed by atoms with Gasteiger partial charge in [0, 0.05) is 10.0 Å². The van der Waals surface area contributed by atoms with Crippen LogP contribution >= 0.6 is 15.9 Å². The fourth-order valence-electron chi connectivity index (χ4n) is 0.985. The maximum atomic E-state index is 12.3. The average Bonchev–Trinajstić information content (AvgIpc) is 2.02. The van der Waals surface area contributed by atoms with Gasteiger partial charge in [-0.15, -0.1) is 0 Å². The molecule has 1 N–H and O–H groups in total. The second-order valence-corrected chi connectivity index (χ2v) is 3.28. The van der Waals surface area contributed by atoms with Crippen LogP contribution in [-0.2, 0) is 12.8 Å². The molecule has 5 heteroatoms. The van der Waals surface area contributed by atoms with E-state index >= 15 is 0 Å². The van der Waals surface area contributed by atoms with Crippen LogP contribution in [0.1, 0.15) is 11.1 Å². The summed E-state index contributed by atoms with van der Waals surface area (Å²) in [5.41, 5.74) is -0.931. The van der Waals surface area contributed by atoms with Gasteiger partial charge in [-0.3, -0.25) is 0 Å². The standard InChI is InChI=1S/C8H6BrF3O/c9-7-3-1-2-6(5(7)4-13)8(10,11)12/h1-3,13H,4H2. The van der Waals surface area contributed by atoms with Crippen LogP contribution in [0, 0.1) is 0 Å². The van der Waals surface area contributed by atoms with E-state index in [9.17, 15) is 13.2 Å². The molecule has 0 fully saturated rings. The molecule has 0 unspecified atom stereocenters. The molecule has 0 radical (unpaired) electrons. The van der Waals surface area contributed by atoms with Crippen LogP contribution in [0.15, 0.2) is 22.7 Å². The quantitative estimate of drug-likeness (QED) is 0.817. The summed E-state index contributed by atoms with van der Waals surface area (Å²) in [5.74, 6) is 0. The summed E-state index contributed by atoms with van der Waals surface area (Å²) in [5, 5.41) is 8.73. The van der Waals surface area contributed by atoms with Crippen LogP contribution in [0.4, 0.5) is 13.2 Å². The smallest absolute Gasteiger partial charge is 0.392 e. The predicted octanol–water partition coefficient (Wildman–Crippen LogP) is 2.96. The van der Waals surface area contributed by atoms with Crippen molar-refractivity contribution >= 4 is 15.9 Å². The molecule has 0 spiro atoms. The molecule has 0 saturated carbocycles. The number of hydrogen-bond acceptors (Lipinski definition) is 1. The van der Waals surface area contributed by atoms with Gasteiger partial charge < -0.3 is 5.11 Å². The first-order valence-electron chi connectivity index (χ1n) is 3.42. The topological polar surface area (TPSA) is 20.2 Å². The molecular formula is C8H6BrF3O. The molecule has 0 bridgehead atoms. The van der Waals surface area contributed by atoms with E-state index < -0.39 is 18.3 Å². The highest BCUT2D eigenvalue weighted by molar-refractivity contribution is 9.10. The van der Waals surface area contributed by atoms with Gasteiger partial charge in [0.15, 0.2) is 0 Å². The molecule has 0 aromatic heterocycles. The third-order valence-electron chi connectivity index (χ3n) is 1.58. The summed E-state index contributed by atoms with van der Waals surface area (Å²) < 4.78 is 37.1. The maximum absolute atomic E-state index is 12.3. The largest absolute Gasteiger partial charge is 0.416 e. The molecule has 1 aromatic carbocycles. The Morgan fingerprint density at radius 3 is 2.31 bits per heavy atom. The van der Waals surface area contributed by atoms with Crippen molar-refractivity contribution in [1.29, 1.82) is 0 Å². The van der Waals surface area contributed by atoms with Crippen molar-refractivity contribution < 1.29 is 18.3 Å². The highest BCUT2D eigenvalue weighted by Crippen LogP contribution is 2.34. The van der Waals surface area contributed by atoms with E-state index in [0.717, 1.165) is 6.07 Å². The second kappa shape index (κ2) is 3.67. The first kappa shape index (κ1) is 10.5. The molecular weight excluding hydrogens is 249 g/mol. The highest BCUT2D eigenvalue weighted by atomic mass is 79.9. The number of hydrogen-bond donors (Lipinski definition) is 1. The van der Waals surface area contributed by atoms with Crippen molar-refractivity contribution in [2.45, 2.75) is 12.8 Å². The molecule has 0 aliphatic heterocycles. The minimum Gasteiger partial charge on any atom is -0.392 e. The summed E-state index contributed by atoms with van der Waals surface area (Å²) >= 11 is 2.94. The number of rotatable bonds is 1. The fraction of sp³-hybridized carbons (Fsp3) is 0.250. The van der Waals surface area contributed by atoms with Crippen LogP contribution in [0.25, 0.3) is 0 Å². The van der Waals surface area contributed by atoms with Crippen LogP contribution in [0.2, 0.25) is 0 Å². The number of halogens is 4. The summed E-state index contributed by atoms with van der Waals surface area (Å²) in [6.07, 6.45) is -4.41. The van der Waals surface area contributed by atoms with E-state index in [-0.39, 0.29) is 10.0 Å². The Balaban J connectivity index is 3.29. The summed E-state index contributed by atoms with van der Waals surface area (Å²) in [6, 6.07) is 3.68. The lowest BCUT2D eigenvalue weighted by Crippen LogP contribution is -2.09. The molecule has 0 aliphatic carbocycles. The van der Waals surface area contributed by atoms with E-state index in [1.165, 1.54) is 12.1 Å². The lowest BCUT2D eigenvalue weighted by atomic mass is 10.1. The van der Waals surface area contributed by atoms with Crippen LogP contribution in [0.5, 0.6) is 0 Å². The van der Waals surface area contributed by atoms with Gasteiger partial charge in [0.25, 0.3) is 0 Å². The lowest BCUT2D eigenvalue weighted by molar-refractivity contribution is -0.138. The summed E-state index contributed by atoms with van der Waals surface area (Å²) in [4.78, 5) is 0. The van der Waals surface area contributed by atoms with Gasteiger partial charge in [-0.1, -0.05) is 22.0 Å². The first-order valence-corrected chi connectivity index (χ1v) is 4.21. The van der Waals surface area contributed by atoms with Crippen molar-refractivity contribution in [2.75, 3.05) is 0 Å². The van der Waals surface area contributed by atoms with E-state index in [0.29, 0.717) is 0 Å². The molecule has 1 nitrogen and oxygen atoms in total. The lowest BCUT2D eigenvalue weighted by Gasteiger charge is -2.11. The molecule has 0 aliphatic rings. The SMILES string of the molecule is OCc1c(Br)cccc1C(F)(F)F. The zero-order valence-electron chi connectivity index (χ0n) is 6.40. The number of aliphatic hydroxyl groups excluding tert-OH is 1. The van der Waals surface area contributed by atoms with Crippen molar-refractivity contribution in [3.63, 3.8) is 0 Å². The minimum absolute atomic E-state index is 0.130. The van der Waals surface area contributed by atoms with Crippen molar-refractivity contribution in [3.8, 4) is 0 Å². The van der Waals surface area contributed by atoms with Gasteiger partial charge in [0.1, 0.15) is 0 Å². The number of aliphatic hydroxyl groups is 1. The number of benzene rings is 1. The predicted molar refractivity (Wildman–Crippen MR) is 45.1 cm³/mol. The molecule has 0 amide bonds. The Hall–Kier alpha value is -0.550.